The third-order valence-electron chi connectivity index (χ3n) is 3.23. The Morgan fingerprint density at radius 2 is 1.95 bits per heavy atom. The molecule has 0 atom stereocenters. The summed E-state index contributed by atoms with van der Waals surface area (Å²) in [5, 5.41) is 2.77. The Morgan fingerprint density at radius 1 is 1.10 bits per heavy atom. The van der Waals surface area contributed by atoms with Crippen LogP contribution >= 0.6 is 0 Å². The maximum Gasteiger partial charge on any atom is 0.411 e. The summed E-state index contributed by atoms with van der Waals surface area (Å²) in [5.41, 5.74) is 3.87. The Morgan fingerprint density at radius 3 is 2.80 bits per heavy atom. The number of hydrogen-bond acceptors (Lipinski definition) is 3. The summed E-state index contributed by atoms with van der Waals surface area (Å²) in [6.45, 7) is 1.40. The van der Waals surface area contributed by atoms with Gasteiger partial charge in [-0.25, -0.2) is 4.79 Å². The molecule has 0 aliphatic carbocycles. The van der Waals surface area contributed by atoms with E-state index in [1.54, 1.807) is 0 Å². The molecule has 0 radical (unpaired) electrons. The van der Waals surface area contributed by atoms with Crippen LogP contribution in [0.2, 0.25) is 0 Å². The Labute approximate surface area is 117 Å². The molecule has 0 spiro atoms. The SMILES string of the molecule is O=C(Nc1cccc2c1COC2)OCc1ccccc1. The molecule has 0 aromatic heterocycles. The molecule has 1 aliphatic rings. The molecule has 2 aromatic rings. The van der Waals surface area contributed by atoms with Crippen molar-refractivity contribution in [2.75, 3.05) is 5.32 Å². The first-order chi connectivity index (χ1) is 9.83. The number of anilines is 1. The van der Waals surface area contributed by atoms with Crippen molar-refractivity contribution >= 4 is 11.8 Å². The fourth-order valence-corrected chi connectivity index (χ4v) is 2.19. The van der Waals surface area contributed by atoms with Crippen molar-refractivity contribution < 1.29 is 14.3 Å². The maximum atomic E-state index is 11.8. The lowest BCUT2D eigenvalue weighted by Crippen LogP contribution is -2.14. The van der Waals surface area contributed by atoms with Crippen LogP contribution in [0, 0.1) is 0 Å². The monoisotopic (exact) mass is 269 g/mol. The predicted octanol–water partition coefficient (Wildman–Crippen LogP) is 3.47. The minimum Gasteiger partial charge on any atom is -0.444 e. The topological polar surface area (TPSA) is 47.6 Å². The summed E-state index contributed by atoms with van der Waals surface area (Å²) in [5.74, 6) is 0. The summed E-state index contributed by atoms with van der Waals surface area (Å²) in [6, 6.07) is 15.4. The van der Waals surface area contributed by atoms with E-state index in [0.717, 1.165) is 22.4 Å². The average Bonchev–Trinajstić information content (AvgIpc) is 2.96. The molecule has 1 N–H and O–H groups in total. The van der Waals surface area contributed by atoms with E-state index in [2.05, 4.69) is 5.32 Å². The Balaban J connectivity index is 1.61. The summed E-state index contributed by atoms with van der Waals surface area (Å²) in [6.07, 6.45) is -0.450. The van der Waals surface area contributed by atoms with Gasteiger partial charge in [0.2, 0.25) is 0 Å². The van der Waals surface area contributed by atoms with Crippen molar-refractivity contribution in [1.82, 2.24) is 0 Å². The highest BCUT2D eigenvalue weighted by atomic mass is 16.5. The molecule has 0 fully saturated rings. The highest BCUT2D eigenvalue weighted by Gasteiger charge is 2.16. The molecule has 3 rings (SSSR count). The molecule has 102 valence electrons. The smallest absolute Gasteiger partial charge is 0.411 e. The molecule has 4 heteroatoms. The lowest BCUT2D eigenvalue weighted by Gasteiger charge is -2.10. The standard InChI is InChI=1S/C16H15NO3/c18-16(20-9-12-5-2-1-3-6-12)17-15-8-4-7-13-10-19-11-14(13)15/h1-8H,9-11H2,(H,17,18). The second-order valence-electron chi connectivity index (χ2n) is 4.62. The Bertz CT molecular complexity index is 610. The van der Waals surface area contributed by atoms with E-state index < -0.39 is 6.09 Å². The molecule has 0 saturated heterocycles. The molecule has 20 heavy (non-hydrogen) atoms. The summed E-state index contributed by atoms with van der Waals surface area (Å²) < 4.78 is 10.6. The second kappa shape index (κ2) is 5.75. The zero-order valence-corrected chi connectivity index (χ0v) is 11.0. The van der Waals surface area contributed by atoms with Crippen LogP contribution in [-0.2, 0) is 29.3 Å². The van der Waals surface area contributed by atoms with E-state index in [0.29, 0.717) is 13.2 Å². The van der Waals surface area contributed by atoms with Crippen molar-refractivity contribution in [3.63, 3.8) is 0 Å². The number of rotatable bonds is 3. The van der Waals surface area contributed by atoms with E-state index in [1.165, 1.54) is 0 Å². The molecule has 2 aromatic carbocycles. The van der Waals surface area contributed by atoms with Crippen LogP contribution in [0.4, 0.5) is 10.5 Å². The minimum atomic E-state index is -0.450. The zero-order chi connectivity index (χ0) is 13.8. The van der Waals surface area contributed by atoms with Gasteiger partial charge < -0.3 is 9.47 Å². The highest BCUT2D eigenvalue weighted by Crippen LogP contribution is 2.27. The van der Waals surface area contributed by atoms with Gasteiger partial charge in [-0.2, -0.15) is 0 Å². The number of fused-ring (bicyclic) bond motifs is 1. The van der Waals surface area contributed by atoms with Gasteiger partial charge >= 0.3 is 6.09 Å². The molecular weight excluding hydrogens is 254 g/mol. The second-order valence-corrected chi connectivity index (χ2v) is 4.62. The quantitative estimate of drug-likeness (QED) is 0.928. The van der Waals surface area contributed by atoms with Gasteiger partial charge in [-0.1, -0.05) is 42.5 Å². The van der Waals surface area contributed by atoms with E-state index in [4.69, 9.17) is 9.47 Å². The first-order valence-electron chi connectivity index (χ1n) is 6.49. The van der Waals surface area contributed by atoms with Gasteiger partial charge in [0.05, 0.1) is 13.2 Å². The number of hydrogen-bond donors (Lipinski definition) is 1. The summed E-state index contributed by atoms with van der Waals surface area (Å²) in [4.78, 5) is 11.8. The van der Waals surface area contributed by atoms with Gasteiger partial charge in [0.15, 0.2) is 0 Å². The number of benzene rings is 2. The maximum absolute atomic E-state index is 11.8. The van der Waals surface area contributed by atoms with Crippen molar-refractivity contribution in [2.45, 2.75) is 19.8 Å². The molecule has 1 heterocycles. The number of amides is 1. The average molecular weight is 269 g/mol. The van der Waals surface area contributed by atoms with E-state index in [1.807, 2.05) is 48.5 Å². The fourth-order valence-electron chi connectivity index (χ4n) is 2.19. The van der Waals surface area contributed by atoms with Gasteiger partial charge in [0.1, 0.15) is 6.61 Å². The van der Waals surface area contributed by atoms with Gasteiger partial charge in [0.25, 0.3) is 0 Å². The molecular formula is C16H15NO3. The van der Waals surface area contributed by atoms with Crippen molar-refractivity contribution in [3.8, 4) is 0 Å². The summed E-state index contributed by atoms with van der Waals surface area (Å²) >= 11 is 0. The molecule has 0 unspecified atom stereocenters. The molecule has 1 amide bonds. The Kier molecular flexibility index (Phi) is 3.65. The van der Waals surface area contributed by atoms with Crippen LogP contribution in [-0.4, -0.2) is 6.09 Å². The zero-order valence-electron chi connectivity index (χ0n) is 11.0. The Hall–Kier alpha value is -2.33. The van der Waals surface area contributed by atoms with Crippen LogP contribution in [0.3, 0.4) is 0 Å². The molecule has 4 nitrogen and oxygen atoms in total. The largest absolute Gasteiger partial charge is 0.444 e. The number of ether oxygens (including phenoxy) is 2. The van der Waals surface area contributed by atoms with Crippen LogP contribution in [0.25, 0.3) is 0 Å². The normalized spacial score (nSPS) is 12.8. The van der Waals surface area contributed by atoms with Crippen molar-refractivity contribution in [3.05, 3.63) is 65.2 Å². The molecule has 0 saturated carbocycles. The predicted molar refractivity (Wildman–Crippen MR) is 75.2 cm³/mol. The van der Waals surface area contributed by atoms with Crippen LogP contribution < -0.4 is 5.32 Å². The fraction of sp³-hybridized carbons (Fsp3) is 0.188. The van der Waals surface area contributed by atoms with Crippen molar-refractivity contribution in [2.24, 2.45) is 0 Å². The number of nitrogens with one attached hydrogen (secondary N) is 1. The van der Waals surface area contributed by atoms with Gasteiger partial charge in [-0.15, -0.1) is 0 Å². The first kappa shape index (κ1) is 12.7. The molecule has 1 aliphatic heterocycles. The van der Waals surface area contributed by atoms with Gasteiger partial charge in [0, 0.05) is 11.3 Å². The minimum absolute atomic E-state index is 0.262. The van der Waals surface area contributed by atoms with Gasteiger partial charge in [-0.05, 0) is 17.2 Å². The first-order valence-corrected chi connectivity index (χ1v) is 6.49. The third-order valence-corrected chi connectivity index (χ3v) is 3.23. The number of carbonyl (C=O) groups excluding carboxylic acids is 1. The molecule has 0 bridgehead atoms. The highest BCUT2D eigenvalue weighted by molar-refractivity contribution is 5.86. The van der Waals surface area contributed by atoms with E-state index in [9.17, 15) is 4.79 Å². The lowest BCUT2D eigenvalue weighted by molar-refractivity contribution is 0.134. The summed E-state index contributed by atoms with van der Waals surface area (Å²) in [7, 11) is 0. The van der Waals surface area contributed by atoms with Crippen LogP contribution in [0.1, 0.15) is 16.7 Å². The van der Waals surface area contributed by atoms with Crippen LogP contribution in [0.5, 0.6) is 0 Å². The van der Waals surface area contributed by atoms with Crippen molar-refractivity contribution in [1.29, 1.82) is 0 Å². The van der Waals surface area contributed by atoms with E-state index in [-0.39, 0.29) is 6.61 Å². The van der Waals surface area contributed by atoms with Gasteiger partial charge in [-0.3, -0.25) is 5.32 Å². The number of carbonyl (C=O) groups is 1. The third kappa shape index (κ3) is 2.81. The lowest BCUT2D eigenvalue weighted by atomic mass is 10.1. The van der Waals surface area contributed by atoms with E-state index >= 15 is 0 Å². The van der Waals surface area contributed by atoms with Crippen LogP contribution in [0.15, 0.2) is 48.5 Å².